The van der Waals surface area contributed by atoms with E-state index in [0.717, 1.165) is 5.56 Å². The molecule has 2 amide bonds. The zero-order valence-corrected chi connectivity index (χ0v) is 12.3. The van der Waals surface area contributed by atoms with Crippen LogP contribution in [0.3, 0.4) is 0 Å². The Labute approximate surface area is 123 Å². The van der Waals surface area contributed by atoms with Crippen molar-refractivity contribution < 1.29 is 9.59 Å². The molecule has 0 aromatic heterocycles. The number of aryl methyl sites for hydroxylation is 1. The van der Waals surface area contributed by atoms with Gasteiger partial charge in [-0.1, -0.05) is 17.7 Å². The minimum Gasteiger partial charge on any atom is -0.351 e. The van der Waals surface area contributed by atoms with Gasteiger partial charge in [-0.25, -0.2) is 0 Å². The molecule has 1 aliphatic rings. The lowest BCUT2D eigenvalue weighted by Gasteiger charge is -2.15. The molecule has 2 rings (SSSR count). The van der Waals surface area contributed by atoms with Crippen molar-refractivity contribution in [3.05, 3.63) is 35.4 Å². The molecule has 1 aliphatic heterocycles. The van der Waals surface area contributed by atoms with Crippen LogP contribution >= 0.6 is 12.2 Å². The van der Waals surface area contributed by atoms with Crippen LogP contribution in [0.1, 0.15) is 22.8 Å². The van der Waals surface area contributed by atoms with Gasteiger partial charge in [-0.15, -0.1) is 0 Å². The molecule has 106 valence electrons. The molecule has 20 heavy (non-hydrogen) atoms. The Morgan fingerprint density at radius 2 is 2.25 bits per heavy atom. The van der Waals surface area contributed by atoms with Crippen molar-refractivity contribution in [3.8, 4) is 0 Å². The third-order valence-corrected chi connectivity index (χ3v) is 3.46. The van der Waals surface area contributed by atoms with Crippen molar-refractivity contribution in [2.24, 2.45) is 0 Å². The minimum atomic E-state index is -0.282. The number of benzene rings is 1. The first-order valence-electron chi connectivity index (χ1n) is 6.46. The van der Waals surface area contributed by atoms with Gasteiger partial charge in [0, 0.05) is 18.7 Å². The zero-order chi connectivity index (χ0) is 14.7. The van der Waals surface area contributed by atoms with Crippen LogP contribution in [-0.2, 0) is 4.79 Å². The number of carbonyl (C=O) groups is 2. The second kappa shape index (κ2) is 6.00. The standard InChI is InChI=1S/C14H17N3O2S/c1-9-4-3-5-11(8-9)12(18)15-6-7-17-13(19)10(2)16-14(17)20/h3-5,8,10H,6-7H2,1-2H3,(H,15,18)(H,16,20)/t10-/m1/s1. The summed E-state index contributed by atoms with van der Waals surface area (Å²) < 4.78 is 0. The molecule has 0 unspecified atom stereocenters. The first-order chi connectivity index (χ1) is 9.49. The predicted molar refractivity (Wildman–Crippen MR) is 80.4 cm³/mol. The Morgan fingerprint density at radius 3 is 2.85 bits per heavy atom. The topological polar surface area (TPSA) is 61.4 Å². The van der Waals surface area contributed by atoms with Gasteiger partial charge < -0.3 is 10.6 Å². The SMILES string of the molecule is Cc1cccc(C(=O)NCCN2C(=O)[C@@H](C)NC2=S)c1. The Morgan fingerprint density at radius 1 is 1.50 bits per heavy atom. The fourth-order valence-electron chi connectivity index (χ4n) is 2.04. The van der Waals surface area contributed by atoms with Gasteiger partial charge in [0.25, 0.3) is 11.8 Å². The summed E-state index contributed by atoms with van der Waals surface area (Å²) >= 11 is 5.07. The predicted octanol–water partition coefficient (Wildman–Crippen LogP) is 0.830. The van der Waals surface area contributed by atoms with Crippen LogP contribution in [0.4, 0.5) is 0 Å². The van der Waals surface area contributed by atoms with E-state index in [1.54, 1.807) is 13.0 Å². The van der Waals surface area contributed by atoms with Gasteiger partial charge in [0.15, 0.2) is 5.11 Å². The van der Waals surface area contributed by atoms with E-state index < -0.39 is 0 Å². The molecule has 2 N–H and O–H groups in total. The highest BCUT2D eigenvalue weighted by molar-refractivity contribution is 7.80. The molecule has 0 aliphatic carbocycles. The van der Waals surface area contributed by atoms with Crippen LogP contribution in [0, 0.1) is 6.92 Å². The van der Waals surface area contributed by atoms with Gasteiger partial charge in [0.1, 0.15) is 6.04 Å². The Balaban J connectivity index is 1.86. The molecular weight excluding hydrogens is 274 g/mol. The van der Waals surface area contributed by atoms with Gasteiger partial charge in [-0.2, -0.15) is 0 Å². The lowest BCUT2D eigenvalue weighted by Crippen LogP contribution is -2.38. The number of hydrogen-bond donors (Lipinski definition) is 2. The van der Waals surface area contributed by atoms with Crippen LogP contribution in [0.25, 0.3) is 0 Å². The molecule has 1 saturated heterocycles. The molecule has 0 saturated carbocycles. The molecule has 0 radical (unpaired) electrons. The molecule has 0 bridgehead atoms. The van der Waals surface area contributed by atoms with E-state index in [-0.39, 0.29) is 17.9 Å². The van der Waals surface area contributed by atoms with Crippen molar-refractivity contribution >= 4 is 29.1 Å². The summed E-state index contributed by atoms with van der Waals surface area (Å²) in [7, 11) is 0. The summed E-state index contributed by atoms with van der Waals surface area (Å²) in [5, 5.41) is 6.10. The zero-order valence-electron chi connectivity index (χ0n) is 11.5. The molecule has 1 fully saturated rings. The Bertz CT molecular complexity index is 559. The largest absolute Gasteiger partial charge is 0.351 e. The summed E-state index contributed by atoms with van der Waals surface area (Å²) in [6, 6.07) is 7.08. The van der Waals surface area contributed by atoms with Crippen LogP contribution in [0.15, 0.2) is 24.3 Å². The van der Waals surface area contributed by atoms with Crippen LogP contribution in [0.2, 0.25) is 0 Å². The molecule has 0 spiro atoms. The average Bonchev–Trinajstić information content (AvgIpc) is 2.65. The third-order valence-electron chi connectivity index (χ3n) is 3.12. The molecule has 1 aromatic carbocycles. The van der Waals surface area contributed by atoms with Crippen molar-refractivity contribution in [1.82, 2.24) is 15.5 Å². The van der Waals surface area contributed by atoms with Gasteiger partial charge in [0.05, 0.1) is 0 Å². The van der Waals surface area contributed by atoms with Crippen molar-refractivity contribution in [2.75, 3.05) is 13.1 Å². The number of thiocarbonyl (C=S) groups is 1. The van der Waals surface area contributed by atoms with E-state index in [2.05, 4.69) is 10.6 Å². The summed E-state index contributed by atoms with van der Waals surface area (Å²) in [6.45, 7) is 4.45. The Hall–Kier alpha value is -1.95. The van der Waals surface area contributed by atoms with E-state index in [0.29, 0.717) is 23.8 Å². The lowest BCUT2D eigenvalue weighted by molar-refractivity contribution is -0.126. The molecular formula is C14H17N3O2S. The molecule has 1 heterocycles. The fraction of sp³-hybridized carbons (Fsp3) is 0.357. The minimum absolute atomic E-state index is 0.0557. The number of nitrogens with one attached hydrogen (secondary N) is 2. The highest BCUT2D eigenvalue weighted by Crippen LogP contribution is 2.06. The van der Waals surface area contributed by atoms with Gasteiger partial charge >= 0.3 is 0 Å². The van der Waals surface area contributed by atoms with E-state index in [9.17, 15) is 9.59 Å². The summed E-state index contributed by atoms with van der Waals surface area (Å²) in [5.41, 5.74) is 1.65. The quantitative estimate of drug-likeness (QED) is 0.807. The second-order valence-corrected chi connectivity index (χ2v) is 5.17. The first kappa shape index (κ1) is 14.5. The summed E-state index contributed by atoms with van der Waals surface area (Å²) in [6.07, 6.45) is 0. The van der Waals surface area contributed by atoms with Gasteiger partial charge in [0.2, 0.25) is 0 Å². The fourth-order valence-corrected chi connectivity index (χ4v) is 2.40. The highest BCUT2D eigenvalue weighted by Gasteiger charge is 2.31. The third kappa shape index (κ3) is 3.14. The maximum atomic E-state index is 11.9. The van der Waals surface area contributed by atoms with Gasteiger partial charge in [-0.3, -0.25) is 14.5 Å². The van der Waals surface area contributed by atoms with E-state index in [4.69, 9.17) is 12.2 Å². The second-order valence-electron chi connectivity index (χ2n) is 4.79. The number of carbonyl (C=O) groups excluding carboxylic acids is 2. The molecule has 6 heteroatoms. The number of amides is 2. The van der Waals surface area contributed by atoms with E-state index in [1.165, 1.54) is 4.90 Å². The summed E-state index contributed by atoms with van der Waals surface area (Å²) in [5.74, 6) is -0.202. The molecule has 1 atom stereocenters. The normalized spacial score (nSPS) is 18.1. The maximum absolute atomic E-state index is 11.9. The first-order valence-corrected chi connectivity index (χ1v) is 6.86. The lowest BCUT2D eigenvalue weighted by atomic mass is 10.1. The van der Waals surface area contributed by atoms with Gasteiger partial charge in [-0.05, 0) is 38.2 Å². The van der Waals surface area contributed by atoms with Crippen molar-refractivity contribution in [3.63, 3.8) is 0 Å². The maximum Gasteiger partial charge on any atom is 0.251 e. The molecule has 5 nitrogen and oxygen atoms in total. The molecule has 1 aromatic rings. The van der Waals surface area contributed by atoms with Crippen molar-refractivity contribution in [2.45, 2.75) is 19.9 Å². The Kier molecular flexibility index (Phi) is 4.34. The van der Waals surface area contributed by atoms with E-state index in [1.807, 2.05) is 25.1 Å². The number of nitrogens with zero attached hydrogens (tertiary/aromatic N) is 1. The smallest absolute Gasteiger partial charge is 0.251 e. The van der Waals surface area contributed by atoms with Crippen LogP contribution in [-0.4, -0.2) is 41.0 Å². The van der Waals surface area contributed by atoms with Crippen LogP contribution < -0.4 is 10.6 Å². The summed E-state index contributed by atoms with van der Waals surface area (Å²) in [4.78, 5) is 25.2. The van der Waals surface area contributed by atoms with E-state index >= 15 is 0 Å². The van der Waals surface area contributed by atoms with Crippen molar-refractivity contribution in [1.29, 1.82) is 0 Å². The monoisotopic (exact) mass is 291 g/mol. The number of hydrogen-bond acceptors (Lipinski definition) is 3. The highest BCUT2D eigenvalue weighted by atomic mass is 32.1. The van der Waals surface area contributed by atoms with Crippen LogP contribution in [0.5, 0.6) is 0 Å². The average molecular weight is 291 g/mol. The number of rotatable bonds is 4.